The number of amides is 1. The molecule has 2 N–H and O–H groups in total. The predicted molar refractivity (Wildman–Crippen MR) is 91.4 cm³/mol. The van der Waals surface area contributed by atoms with Gasteiger partial charge in [0.2, 0.25) is 5.91 Å². The van der Waals surface area contributed by atoms with Crippen LogP contribution in [-0.4, -0.2) is 32.1 Å². The van der Waals surface area contributed by atoms with Gasteiger partial charge in [0.25, 0.3) is 0 Å². The van der Waals surface area contributed by atoms with Crippen LogP contribution in [0.3, 0.4) is 0 Å². The van der Waals surface area contributed by atoms with Crippen LogP contribution < -0.4 is 15.5 Å². The molecule has 2 unspecified atom stereocenters. The first kappa shape index (κ1) is 17.8. The maximum Gasteiger partial charge on any atom is 0.243 e. The normalized spacial score (nSPS) is 19.3. The Morgan fingerprint density at radius 2 is 1.95 bits per heavy atom. The third-order valence-electron chi connectivity index (χ3n) is 3.85. The monoisotopic (exact) mass is 311 g/mol. The van der Waals surface area contributed by atoms with Crippen molar-refractivity contribution < 1.29 is 4.79 Å². The fourth-order valence-electron chi connectivity index (χ4n) is 2.89. The number of carbonyl (C=O) groups is 1. The first-order valence-corrected chi connectivity index (χ1v) is 7.41. The summed E-state index contributed by atoms with van der Waals surface area (Å²) in [6.07, 6.45) is 1.67. The van der Waals surface area contributed by atoms with Crippen LogP contribution in [0.25, 0.3) is 0 Å². The smallest absolute Gasteiger partial charge is 0.243 e. The van der Waals surface area contributed by atoms with Crippen molar-refractivity contribution in [1.29, 1.82) is 0 Å². The highest BCUT2D eigenvalue weighted by Gasteiger charge is 2.28. The number of rotatable bonds is 3. The number of halogens is 1. The molecule has 0 aliphatic carbocycles. The molecule has 4 nitrogen and oxygen atoms in total. The highest BCUT2D eigenvalue weighted by Crippen LogP contribution is 2.32. The number of hydrogen-bond acceptors (Lipinski definition) is 3. The summed E-state index contributed by atoms with van der Waals surface area (Å²) < 4.78 is 0. The number of anilines is 2. The summed E-state index contributed by atoms with van der Waals surface area (Å²) in [6.45, 7) is 5.91. The molecule has 1 aliphatic heterocycles. The van der Waals surface area contributed by atoms with Crippen LogP contribution in [0, 0.1) is 5.92 Å². The molecule has 0 bridgehead atoms. The minimum absolute atomic E-state index is 0. The lowest BCUT2D eigenvalue weighted by atomic mass is 10.1. The largest absolute Gasteiger partial charge is 0.373 e. The molecule has 0 saturated heterocycles. The first-order chi connectivity index (χ1) is 9.54. The van der Waals surface area contributed by atoms with E-state index in [1.54, 1.807) is 0 Å². The van der Waals surface area contributed by atoms with Gasteiger partial charge in [0.15, 0.2) is 0 Å². The molecule has 0 aromatic heterocycles. The SMILES string of the molecule is CCCC(N)C(=O)N1CC(C)CN(C)c2ccccc21.Cl. The van der Waals surface area contributed by atoms with Gasteiger partial charge in [-0.15, -0.1) is 12.4 Å². The lowest BCUT2D eigenvalue weighted by molar-refractivity contribution is -0.120. The van der Waals surface area contributed by atoms with Crippen LogP contribution in [0.1, 0.15) is 26.7 Å². The fourth-order valence-corrected chi connectivity index (χ4v) is 2.89. The van der Waals surface area contributed by atoms with E-state index in [1.165, 1.54) is 0 Å². The van der Waals surface area contributed by atoms with Crippen molar-refractivity contribution in [2.24, 2.45) is 11.7 Å². The Kier molecular flexibility index (Phi) is 6.49. The number of fused-ring (bicyclic) bond motifs is 1. The van der Waals surface area contributed by atoms with Gasteiger partial charge in [-0.3, -0.25) is 4.79 Å². The summed E-state index contributed by atoms with van der Waals surface area (Å²) in [4.78, 5) is 16.7. The third kappa shape index (κ3) is 3.89. The lowest BCUT2D eigenvalue weighted by Gasteiger charge is -2.27. The Bertz CT molecular complexity index is 480. The summed E-state index contributed by atoms with van der Waals surface area (Å²) in [5.41, 5.74) is 8.13. The van der Waals surface area contributed by atoms with Gasteiger partial charge in [0, 0.05) is 20.1 Å². The van der Waals surface area contributed by atoms with Gasteiger partial charge in [-0.2, -0.15) is 0 Å². The van der Waals surface area contributed by atoms with Gasteiger partial charge in [0.05, 0.1) is 17.4 Å². The zero-order chi connectivity index (χ0) is 14.7. The van der Waals surface area contributed by atoms with Crippen LogP contribution in [-0.2, 0) is 4.79 Å². The van der Waals surface area contributed by atoms with Gasteiger partial charge in [-0.25, -0.2) is 0 Å². The van der Waals surface area contributed by atoms with Crippen molar-refractivity contribution in [2.75, 3.05) is 29.9 Å². The Morgan fingerprint density at radius 1 is 1.33 bits per heavy atom. The zero-order valence-corrected chi connectivity index (χ0v) is 13.9. The molecule has 118 valence electrons. The first-order valence-electron chi connectivity index (χ1n) is 7.41. The summed E-state index contributed by atoms with van der Waals surface area (Å²) in [5.74, 6) is 0.464. The second kappa shape index (κ2) is 7.66. The summed E-state index contributed by atoms with van der Waals surface area (Å²) >= 11 is 0. The van der Waals surface area contributed by atoms with Crippen molar-refractivity contribution in [1.82, 2.24) is 0 Å². The van der Waals surface area contributed by atoms with E-state index in [1.807, 2.05) is 23.1 Å². The van der Waals surface area contributed by atoms with Crippen molar-refractivity contribution in [2.45, 2.75) is 32.7 Å². The van der Waals surface area contributed by atoms with E-state index in [9.17, 15) is 4.79 Å². The molecule has 0 radical (unpaired) electrons. The molecule has 1 amide bonds. The number of nitrogens with two attached hydrogens (primary N) is 1. The highest BCUT2D eigenvalue weighted by atomic mass is 35.5. The molecule has 1 aromatic rings. The molecular formula is C16H26ClN3O. The molecule has 1 aromatic carbocycles. The van der Waals surface area contributed by atoms with Crippen LogP contribution >= 0.6 is 12.4 Å². The number of nitrogens with zero attached hydrogens (tertiary/aromatic N) is 2. The summed E-state index contributed by atoms with van der Waals surface area (Å²) in [7, 11) is 2.08. The number of para-hydroxylation sites is 2. The number of hydrogen-bond donors (Lipinski definition) is 1. The summed E-state index contributed by atoms with van der Waals surface area (Å²) in [6, 6.07) is 7.68. The van der Waals surface area contributed by atoms with Gasteiger partial charge in [-0.05, 0) is 24.5 Å². The van der Waals surface area contributed by atoms with Crippen molar-refractivity contribution >= 4 is 29.7 Å². The second-order valence-electron chi connectivity index (χ2n) is 5.82. The Labute approximate surface area is 133 Å². The Hall–Kier alpha value is -1.26. The lowest BCUT2D eigenvalue weighted by Crippen LogP contribution is -2.45. The minimum atomic E-state index is -0.399. The van der Waals surface area contributed by atoms with Crippen LogP contribution in [0.5, 0.6) is 0 Å². The van der Waals surface area contributed by atoms with E-state index < -0.39 is 6.04 Å². The number of carbonyl (C=O) groups excluding carboxylic acids is 1. The maximum absolute atomic E-state index is 12.6. The van der Waals surface area contributed by atoms with E-state index in [2.05, 4.69) is 31.9 Å². The topological polar surface area (TPSA) is 49.6 Å². The van der Waals surface area contributed by atoms with E-state index in [4.69, 9.17) is 5.73 Å². The summed E-state index contributed by atoms with van der Waals surface area (Å²) in [5, 5.41) is 0. The molecule has 2 atom stereocenters. The van der Waals surface area contributed by atoms with E-state index in [-0.39, 0.29) is 18.3 Å². The van der Waals surface area contributed by atoms with Gasteiger partial charge < -0.3 is 15.5 Å². The number of benzene rings is 1. The van der Waals surface area contributed by atoms with Crippen LogP contribution in [0.15, 0.2) is 24.3 Å². The van der Waals surface area contributed by atoms with E-state index in [0.29, 0.717) is 5.92 Å². The van der Waals surface area contributed by atoms with Crippen molar-refractivity contribution in [3.05, 3.63) is 24.3 Å². The molecule has 0 spiro atoms. The highest BCUT2D eigenvalue weighted by molar-refractivity contribution is 6.00. The third-order valence-corrected chi connectivity index (χ3v) is 3.85. The van der Waals surface area contributed by atoms with Gasteiger partial charge >= 0.3 is 0 Å². The molecule has 0 saturated carbocycles. The standard InChI is InChI=1S/C16H25N3O.ClH/c1-4-7-13(17)16(20)19-11-12(2)10-18(3)14-8-5-6-9-15(14)19;/h5-6,8-9,12-13H,4,7,10-11,17H2,1-3H3;1H. The molecule has 5 heteroatoms. The Morgan fingerprint density at radius 3 is 2.57 bits per heavy atom. The average Bonchev–Trinajstić information content (AvgIpc) is 2.56. The predicted octanol–water partition coefficient (Wildman–Crippen LogP) is 2.65. The molecule has 0 fully saturated rings. The average molecular weight is 312 g/mol. The van der Waals surface area contributed by atoms with Gasteiger partial charge in [-0.1, -0.05) is 32.4 Å². The minimum Gasteiger partial charge on any atom is -0.373 e. The van der Waals surface area contributed by atoms with Crippen LogP contribution in [0.4, 0.5) is 11.4 Å². The van der Waals surface area contributed by atoms with E-state index >= 15 is 0 Å². The van der Waals surface area contributed by atoms with Crippen LogP contribution in [0.2, 0.25) is 0 Å². The molecule has 1 heterocycles. The molecular weight excluding hydrogens is 286 g/mol. The maximum atomic E-state index is 12.6. The fraction of sp³-hybridized carbons (Fsp3) is 0.562. The molecule has 2 rings (SSSR count). The Balaban J connectivity index is 0.00000220. The zero-order valence-electron chi connectivity index (χ0n) is 13.1. The molecule has 21 heavy (non-hydrogen) atoms. The molecule has 1 aliphatic rings. The van der Waals surface area contributed by atoms with E-state index in [0.717, 1.165) is 37.3 Å². The van der Waals surface area contributed by atoms with Gasteiger partial charge in [0.1, 0.15) is 0 Å². The van der Waals surface area contributed by atoms with Crippen molar-refractivity contribution in [3.8, 4) is 0 Å². The second-order valence-corrected chi connectivity index (χ2v) is 5.82. The quantitative estimate of drug-likeness (QED) is 0.933. The van der Waals surface area contributed by atoms with Crippen molar-refractivity contribution in [3.63, 3.8) is 0 Å².